The molecule has 0 N–H and O–H groups in total. The zero-order chi connectivity index (χ0) is 11.9. The molecule has 1 heterocycles. The van der Waals surface area contributed by atoms with Crippen molar-refractivity contribution in [3.8, 4) is 11.5 Å². The molecule has 0 fully saturated rings. The summed E-state index contributed by atoms with van der Waals surface area (Å²) >= 11 is 5.32. The molecule has 0 aromatic heterocycles. The van der Waals surface area contributed by atoms with E-state index in [2.05, 4.69) is 0 Å². The van der Waals surface area contributed by atoms with Crippen LogP contribution in [0.15, 0.2) is 36.4 Å². The van der Waals surface area contributed by atoms with Gasteiger partial charge in [-0.15, -0.1) is 0 Å². The van der Waals surface area contributed by atoms with Crippen LogP contribution in [0, 0.1) is 0 Å². The molecule has 0 bridgehead atoms. The van der Waals surface area contributed by atoms with Gasteiger partial charge in [-0.3, -0.25) is 4.52 Å². The van der Waals surface area contributed by atoms with E-state index in [1.54, 1.807) is 0 Å². The fourth-order valence-corrected chi connectivity index (χ4v) is 3.94. The third-order valence-corrected chi connectivity index (χ3v) is 4.71. The Balaban J connectivity index is 2.20. The van der Waals surface area contributed by atoms with E-state index >= 15 is 0 Å². The topological polar surface area (TPSA) is 27.7 Å². The Hall–Kier alpha value is -1.09. The molecule has 5 heteroatoms. The maximum absolute atomic E-state index is 5.71. The average molecular weight is 266 g/mol. The van der Waals surface area contributed by atoms with Crippen molar-refractivity contribution in [1.82, 2.24) is 0 Å². The first-order chi connectivity index (χ1) is 8.22. The molecule has 0 unspecified atom stereocenters. The molecule has 0 radical (unpaired) electrons. The van der Waals surface area contributed by atoms with Crippen LogP contribution in [0.3, 0.4) is 0 Å². The summed E-state index contributed by atoms with van der Waals surface area (Å²) in [6.07, 6.45) is 0. The van der Waals surface area contributed by atoms with E-state index < -0.39 is 6.72 Å². The molecule has 1 aliphatic rings. The van der Waals surface area contributed by atoms with E-state index in [0.29, 0.717) is 6.61 Å². The molecule has 0 atom stereocenters. The van der Waals surface area contributed by atoms with Crippen LogP contribution in [0.1, 0.15) is 6.92 Å². The van der Waals surface area contributed by atoms with E-state index in [4.69, 9.17) is 25.4 Å². The Labute approximate surface area is 105 Å². The van der Waals surface area contributed by atoms with Crippen LogP contribution in [-0.2, 0) is 16.3 Å². The Morgan fingerprint density at radius 3 is 2.24 bits per heavy atom. The predicted octanol–water partition coefficient (Wildman–Crippen LogP) is 3.87. The number of rotatable bonds is 2. The van der Waals surface area contributed by atoms with Crippen LogP contribution in [-0.4, -0.2) is 6.61 Å². The summed E-state index contributed by atoms with van der Waals surface area (Å²) in [6.45, 7) is -0.315. The highest BCUT2D eigenvalue weighted by Gasteiger charge is 2.30. The first kappa shape index (κ1) is 11.0. The molecular formula is C12H11O3PS. The van der Waals surface area contributed by atoms with Gasteiger partial charge in [-0.1, -0.05) is 24.3 Å². The number of hydrogen-bond donors (Lipinski definition) is 0. The lowest BCUT2D eigenvalue weighted by Gasteiger charge is -2.28. The van der Waals surface area contributed by atoms with Gasteiger partial charge in [0, 0.05) is 11.8 Å². The summed E-state index contributed by atoms with van der Waals surface area (Å²) in [4.78, 5) is 0. The van der Waals surface area contributed by atoms with Crippen molar-refractivity contribution in [3.63, 3.8) is 0 Å². The lowest BCUT2D eigenvalue weighted by atomic mass is 10.1. The molecule has 0 aliphatic carbocycles. The van der Waals surface area contributed by atoms with Gasteiger partial charge in [0.1, 0.15) is 11.5 Å². The summed E-state index contributed by atoms with van der Waals surface area (Å²) in [5.74, 6) is 1.50. The van der Waals surface area contributed by atoms with E-state index in [-0.39, 0.29) is 0 Å². The molecule has 0 amide bonds. The van der Waals surface area contributed by atoms with Gasteiger partial charge in [-0.2, -0.15) is 0 Å². The molecular weight excluding hydrogens is 255 g/mol. The second kappa shape index (κ2) is 3.98. The zero-order valence-corrected chi connectivity index (χ0v) is 11.0. The highest BCUT2D eigenvalue weighted by atomic mass is 32.5. The van der Waals surface area contributed by atoms with E-state index in [1.165, 1.54) is 0 Å². The maximum atomic E-state index is 5.71. The molecule has 88 valence electrons. The summed E-state index contributed by atoms with van der Waals surface area (Å²) < 4.78 is 16.9. The van der Waals surface area contributed by atoms with Gasteiger partial charge in [0.2, 0.25) is 0 Å². The smallest absolute Gasteiger partial charge is 0.415 e. The largest absolute Gasteiger partial charge is 0.434 e. The van der Waals surface area contributed by atoms with Crippen LogP contribution in [0.25, 0.3) is 10.8 Å². The molecule has 0 saturated heterocycles. The van der Waals surface area contributed by atoms with Crippen LogP contribution < -0.4 is 9.05 Å². The van der Waals surface area contributed by atoms with Crippen molar-refractivity contribution >= 4 is 29.3 Å². The molecule has 3 rings (SSSR count). The van der Waals surface area contributed by atoms with Crippen LogP contribution in [0.4, 0.5) is 0 Å². The summed E-state index contributed by atoms with van der Waals surface area (Å²) in [7, 11) is 0. The Morgan fingerprint density at radius 1 is 1.12 bits per heavy atom. The SMILES string of the molecule is CCOP1(=S)Oc2cccc3cccc(c23)O1. The van der Waals surface area contributed by atoms with Crippen LogP contribution in [0.5, 0.6) is 11.5 Å². The van der Waals surface area contributed by atoms with Gasteiger partial charge in [0.15, 0.2) is 0 Å². The Morgan fingerprint density at radius 2 is 1.71 bits per heavy atom. The van der Waals surface area contributed by atoms with Crippen molar-refractivity contribution in [2.75, 3.05) is 6.61 Å². The quantitative estimate of drug-likeness (QED) is 0.771. The second-order valence-electron chi connectivity index (χ2n) is 3.66. The lowest BCUT2D eigenvalue weighted by Crippen LogP contribution is -2.08. The highest BCUT2D eigenvalue weighted by Crippen LogP contribution is 2.57. The minimum Gasteiger partial charge on any atom is -0.415 e. The minimum atomic E-state index is -2.67. The standard InChI is InChI=1S/C12H11O3PS/c1-2-13-16(17)14-10-7-3-5-9-6-4-8-11(15-16)12(9)10/h3-8H,2H2,1H3. The van der Waals surface area contributed by atoms with Crippen molar-refractivity contribution in [3.05, 3.63) is 36.4 Å². The van der Waals surface area contributed by atoms with Crippen LogP contribution >= 0.6 is 6.72 Å². The third-order valence-electron chi connectivity index (χ3n) is 2.54. The summed E-state index contributed by atoms with van der Waals surface area (Å²) in [5.41, 5.74) is 0. The molecule has 1 aliphatic heterocycles. The zero-order valence-electron chi connectivity index (χ0n) is 9.25. The van der Waals surface area contributed by atoms with Crippen molar-refractivity contribution < 1.29 is 13.6 Å². The normalized spacial score (nSPS) is 16.3. The average Bonchev–Trinajstić information content (AvgIpc) is 2.29. The third kappa shape index (κ3) is 1.82. The van der Waals surface area contributed by atoms with Crippen molar-refractivity contribution in [2.24, 2.45) is 0 Å². The van der Waals surface area contributed by atoms with Crippen molar-refractivity contribution in [1.29, 1.82) is 0 Å². The number of benzene rings is 2. The fraction of sp³-hybridized carbons (Fsp3) is 0.167. The minimum absolute atomic E-state index is 0.482. The van der Waals surface area contributed by atoms with Gasteiger partial charge in [0.05, 0.1) is 12.0 Å². The molecule has 0 spiro atoms. The van der Waals surface area contributed by atoms with Crippen LogP contribution in [0.2, 0.25) is 0 Å². The first-order valence-electron chi connectivity index (χ1n) is 5.37. The van der Waals surface area contributed by atoms with E-state index in [0.717, 1.165) is 22.3 Å². The maximum Gasteiger partial charge on any atom is 0.434 e. The van der Waals surface area contributed by atoms with Gasteiger partial charge in [-0.25, -0.2) is 0 Å². The molecule has 2 aromatic carbocycles. The van der Waals surface area contributed by atoms with E-state index in [1.807, 2.05) is 43.3 Å². The van der Waals surface area contributed by atoms with Gasteiger partial charge in [0.25, 0.3) is 0 Å². The van der Waals surface area contributed by atoms with Gasteiger partial charge < -0.3 is 9.05 Å². The first-order valence-corrected chi connectivity index (χ1v) is 7.93. The summed E-state index contributed by atoms with van der Waals surface area (Å²) in [5, 5.41) is 2.05. The monoisotopic (exact) mass is 266 g/mol. The molecule has 3 nitrogen and oxygen atoms in total. The lowest BCUT2D eigenvalue weighted by molar-refractivity contribution is 0.273. The van der Waals surface area contributed by atoms with Crippen molar-refractivity contribution in [2.45, 2.75) is 6.92 Å². The molecule has 0 saturated carbocycles. The molecule has 17 heavy (non-hydrogen) atoms. The van der Waals surface area contributed by atoms with Gasteiger partial charge >= 0.3 is 6.72 Å². The number of hydrogen-bond acceptors (Lipinski definition) is 4. The predicted molar refractivity (Wildman–Crippen MR) is 71.1 cm³/mol. The fourth-order valence-electron chi connectivity index (χ4n) is 1.90. The van der Waals surface area contributed by atoms with E-state index in [9.17, 15) is 0 Å². The Kier molecular flexibility index (Phi) is 2.58. The Bertz CT molecular complexity index is 581. The second-order valence-corrected chi connectivity index (χ2v) is 6.52. The molecule has 2 aromatic rings. The van der Waals surface area contributed by atoms with Gasteiger partial charge in [-0.05, 0) is 24.4 Å². The summed E-state index contributed by atoms with van der Waals surface area (Å²) in [6, 6.07) is 11.7. The highest BCUT2D eigenvalue weighted by molar-refractivity contribution is 8.08.